The zero-order valence-electron chi connectivity index (χ0n) is 19.9. The van der Waals surface area contributed by atoms with Crippen molar-refractivity contribution in [2.75, 3.05) is 30.4 Å². The lowest BCUT2D eigenvalue weighted by Crippen LogP contribution is -2.34. The molecule has 10 nitrogen and oxygen atoms in total. The molecular weight excluding hydrogens is 501 g/mol. The van der Waals surface area contributed by atoms with Crippen molar-refractivity contribution < 1.29 is 22.7 Å². The number of carbonyl (C=O) groups is 1. The van der Waals surface area contributed by atoms with E-state index in [9.17, 15) is 13.2 Å². The molecule has 3 N–H and O–H groups in total. The molecule has 2 radical (unpaired) electrons. The third-order valence-electron chi connectivity index (χ3n) is 4.67. The molecule has 3 rings (SSSR count). The molecule has 1 heterocycles. The first kappa shape index (κ1) is 27.0. The van der Waals surface area contributed by atoms with Crippen LogP contribution in [0.5, 0.6) is 5.75 Å². The van der Waals surface area contributed by atoms with E-state index in [1.54, 1.807) is 39.2 Å². The first-order valence-electron chi connectivity index (χ1n) is 10.7. The third-order valence-corrected chi connectivity index (χ3v) is 6.22. The number of hydrogen-bond acceptors (Lipinski definition) is 8. The van der Waals surface area contributed by atoms with Gasteiger partial charge in [0.2, 0.25) is 5.95 Å². The first-order chi connectivity index (χ1) is 17.1. The number of sulfonamides is 1. The van der Waals surface area contributed by atoms with Crippen molar-refractivity contribution in [1.29, 1.82) is 0 Å². The van der Waals surface area contributed by atoms with Crippen LogP contribution >= 0.6 is 12.2 Å². The lowest BCUT2D eigenvalue weighted by Gasteiger charge is -2.13. The Morgan fingerprint density at radius 1 is 1.03 bits per heavy atom. The first-order valence-corrected chi connectivity index (χ1v) is 12.6. The number of nitrogens with one attached hydrogen (secondary N) is 3. The average Bonchev–Trinajstić information content (AvgIpc) is 2.79. The average molecular weight is 525 g/mol. The minimum atomic E-state index is -3.90. The van der Waals surface area contributed by atoms with Gasteiger partial charge in [0.15, 0.2) is 5.11 Å². The molecule has 0 spiro atoms. The Morgan fingerprint density at radius 2 is 1.69 bits per heavy atom. The topological polar surface area (TPSA) is 132 Å². The summed E-state index contributed by atoms with van der Waals surface area (Å²) >= 11 is 5.20. The SMILES string of the molecule is [B]c1cc(C(=O)NC(=S)Nc2ccc(S(=O)(=O)Nc3nc(C)cc(C)n3)cc2)ccc1OCCOC. The van der Waals surface area contributed by atoms with Crippen LogP contribution in [0.1, 0.15) is 21.7 Å². The molecular formula is C23H24BN5O5S2. The number of anilines is 2. The molecule has 0 aliphatic rings. The molecule has 2 aromatic carbocycles. The molecule has 13 heteroatoms. The maximum absolute atomic E-state index is 12.7. The predicted octanol–water partition coefficient (Wildman–Crippen LogP) is 1.84. The van der Waals surface area contributed by atoms with Crippen molar-refractivity contribution in [3.05, 3.63) is 65.5 Å². The highest BCUT2D eigenvalue weighted by molar-refractivity contribution is 7.92. The number of rotatable bonds is 9. The number of aryl methyl sites for hydroxylation is 2. The number of amides is 1. The van der Waals surface area contributed by atoms with Crippen molar-refractivity contribution in [3.63, 3.8) is 0 Å². The fourth-order valence-electron chi connectivity index (χ4n) is 3.06. The number of ether oxygens (including phenoxy) is 2. The summed E-state index contributed by atoms with van der Waals surface area (Å²) < 4.78 is 38.1. The molecule has 0 fully saturated rings. The van der Waals surface area contributed by atoms with Gasteiger partial charge in [0.1, 0.15) is 20.2 Å². The van der Waals surface area contributed by atoms with E-state index in [0.29, 0.717) is 41.5 Å². The number of thiocarbonyl (C=S) groups is 1. The van der Waals surface area contributed by atoms with Crippen LogP contribution in [0.15, 0.2) is 53.4 Å². The Kier molecular flexibility index (Phi) is 8.96. The maximum atomic E-state index is 12.7. The maximum Gasteiger partial charge on any atom is 0.264 e. The molecule has 36 heavy (non-hydrogen) atoms. The van der Waals surface area contributed by atoms with E-state index in [1.165, 1.54) is 30.3 Å². The van der Waals surface area contributed by atoms with Gasteiger partial charge in [-0.2, -0.15) is 0 Å². The Morgan fingerprint density at radius 3 is 2.31 bits per heavy atom. The van der Waals surface area contributed by atoms with Gasteiger partial charge in [-0.3, -0.25) is 10.1 Å². The second-order valence-corrected chi connectivity index (χ2v) is 9.70. The number of aromatic nitrogens is 2. The van der Waals surface area contributed by atoms with E-state index in [0.717, 1.165) is 0 Å². The molecule has 0 unspecified atom stereocenters. The van der Waals surface area contributed by atoms with E-state index >= 15 is 0 Å². The number of carbonyl (C=O) groups excluding carboxylic acids is 1. The van der Waals surface area contributed by atoms with Crippen LogP contribution in [0.2, 0.25) is 0 Å². The summed E-state index contributed by atoms with van der Waals surface area (Å²) in [5.41, 5.74) is 2.35. The van der Waals surface area contributed by atoms with Gasteiger partial charge in [-0.15, -0.1) is 0 Å². The summed E-state index contributed by atoms with van der Waals surface area (Å²) in [5.74, 6) is -0.0359. The fraction of sp³-hybridized carbons (Fsp3) is 0.217. The molecule has 1 aromatic heterocycles. The van der Waals surface area contributed by atoms with E-state index in [1.807, 2.05) is 0 Å². The summed E-state index contributed by atoms with van der Waals surface area (Å²) in [6, 6.07) is 12.2. The van der Waals surface area contributed by atoms with Crippen molar-refractivity contribution in [3.8, 4) is 5.75 Å². The summed E-state index contributed by atoms with van der Waals surface area (Å²) in [6.07, 6.45) is 0. The Balaban J connectivity index is 1.59. The summed E-state index contributed by atoms with van der Waals surface area (Å²) in [6.45, 7) is 4.23. The molecule has 3 aromatic rings. The van der Waals surface area contributed by atoms with Gasteiger partial charge in [0, 0.05) is 29.7 Å². The minimum Gasteiger partial charge on any atom is -0.492 e. The van der Waals surface area contributed by atoms with E-state index in [2.05, 4.69) is 25.3 Å². The minimum absolute atomic E-state index is 0.00574. The lowest BCUT2D eigenvalue weighted by atomic mass is 9.93. The normalized spacial score (nSPS) is 11.0. The van der Waals surface area contributed by atoms with Crippen LogP contribution in [0, 0.1) is 13.8 Å². The number of methoxy groups -OCH3 is 1. The number of benzene rings is 2. The van der Waals surface area contributed by atoms with Crippen molar-refractivity contribution in [2.45, 2.75) is 18.7 Å². The predicted molar refractivity (Wildman–Crippen MR) is 142 cm³/mol. The Hall–Kier alpha value is -3.55. The Bertz CT molecular complexity index is 1350. The zero-order valence-corrected chi connectivity index (χ0v) is 21.5. The summed E-state index contributed by atoms with van der Waals surface area (Å²) in [4.78, 5) is 20.7. The molecule has 0 aliphatic carbocycles. The molecule has 0 bridgehead atoms. The fourth-order valence-corrected chi connectivity index (χ4v) is 4.22. The van der Waals surface area contributed by atoms with Crippen molar-refractivity contribution >= 4 is 58.2 Å². The van der Waals surface area contributed by atoms with Gasteiger partial charge < -0.3 is 14.8 Å². The largest absolute Gasteiger partial charge is 0.492 e. The standard InChI is InChI=1S/C23H24BN5O5S2/c1-14-12-15(2)26-22(25-14)29-36(31,32)18-7-5-17(6-8-18)27-23(35)28-21(30)16-4-9-20(19(24)13-16)34-11-10-33-3/h4-9,12-13H,10-11H2,1-3H3,(H,25,26,29)(H2,27,28,30,35). The highest BCUT2D eigenvalue weighted by Crippen LogP contribution is 2.17. The highest BCUT2D eigenvalue weighted by atomic mass is 32.2. The van der Waals surface area contributed by atoms with Crippen molar-refractivity contribution in [1.82, 2.24) is 15.3 Å². The van der Waals surface area contributed by atoms with Gasteiger partial charge in [-0.05, 0) is 68.5 Å². The number of nitrogens with zero attached hydrogens (tertiary/aromatic N) is 2. The van der Waals surface area contributed by atoms with Crippen LogP contribution in [0.3, 0.4) is 0 Å². The van der Waals surface area contributed by atoms with E-state index < -0.39 is 15.9 Å². The smallest absolute Gasteiger partial charge is 0.264 e. The molecule has 0 aliphatic heterocycles. The molecule has 0 atom stereocenters. The van der Waals surface area contributed by atoms with Crippen LogP contribution in [0.25, 0.3) is 0 Å². The van der Waals surface area contributed by atoms with Crippen LogP contribution in [0.4, 0.5) is 11.6 Å². The number of hydrogen-bond donors (Lipinski definition) is 3. The van der Waals surface area contributed by atoms with Gasteiger partial charge in [-0.25, -0.2) is 23.1 Å². The molecule has 1 amide bonds. The Labute approximate surface area is 216 Å². The van der Waals surface area contributed by atoms with Gasteiger partial charge in [0.05, 0.1) is 11.5 Å². The molecule has 186 valence electrons. The van der Waals surface area contributed by atoms with Gasteiger partial charge >= 0.3 is 0 Å². The van der Waals surface area contributed by atoms with Gasteiger partial charge in [-0.1, -0.05) is 11.5 Å². The molecule has 0 saturated heterocycles. The van der Waals surface area contributed by atoms with Crippen LogP contribution in [-0.2, 0) is 14.8 Å². The molecule has 0 saturated carbocycles. The third kappa shape index (κ3) is 7.47. The second-order valence-electron chi connectivity index (χ2n) is 7.61. The zero-order chi connectivity index (χ0) is 26.3. The monoisotopic (exact) mass is 525 g/mol. The van der Waals surface area contributed by atoms with Crippen molar-refractivity contribution in [2.24, 2.45) is 0 Å². The second kappa shape index (κ2) is 11.9. The summed E-state index contributed by atoms with van der Waals surface area (Å²) in [7, 11) is 3.62. The van der Waals surface area contributed by atoms with Gasteiger partial charge in [0.25, 0.3) is 15.9 Å². The van der Waals surface area contributed by atoms with E-state index in [4.69, 9.17) is 29.5 Å². The highest BCUT2D eigenvalue weighted by Gasteiger charge is 2.16. The van der Waals surface area contributed by atoms with Crippen LogP contribution < -0.4 is 25.6 Å². The lowest BCUT2D eigenvalue weighted by molar-refractivity contribution is 0.0977. The summed E-state index contributed by atoms with van der Waals surface area (Å²) in [5, 5.41) is 5.41. The van der Waals surface area contributed by atoms with Crippen LogP contribution in [-0.4, -0.2) is 57.6 Å². The quantitative estimate of drug-likeness (QED) is 0.218. The van der Waals surface area contributed by atoms with E-state index in [-0.39, 0.29) is 21.5 Å².